The van der Waals surface area contributed by atoms with Gasteiger partial charge in [0.1, 0.15) is 0 Å². The summed E-state index contributed by atoms with van der Waals surface area (Å²) in [6.07, 6.45) is 3.80. The summed E-state index contributed by atoms with van der Waals surface area (Å²) in [5.41, 5.74) is 0.823. The molecule has 1 aliphatic carbocycles. The van der Waals surface area contributed by atoms with Crippen LogP contribution < -0.4 is 5.32 Å². The van der Waals surface area contributed by atoms with E-state index in [2.05, 4.69) is 11.4 Å². The predicted molar refractivity (Wildman–Crippen MR) is 94.6 cm³/mol. The van der Waals surface area contributed by atoms with E-state index in [-0.39, 0.29) is 23.7 Å². The molecular weight excluding hydrogens is 300 g/mol. The minimum Gasteiger partial charge on any atom is -0.342 e. The smallest absolute Gasteiger partial charge is 0.229 e. The molecule has 0 radical (unpaired) electrons. The third-order valence-corrected chi connectivity index (χ3v) is 5.05. The Hall–Kier alpha value is -2.36. The van der Waals surface area contributed by atoms with Crippen LogP contribution in [0.15, 0.2) is 42.5 Å². The second-order valence-corrected chi connectivity index (χ2v) is 6.95. The average Bonchev–Trinajstić information content (AvgIpc) is 3.46. The number of rotatable bonds is 3. The first-order valence-electron chi connectivity index (χ1n) is 8.79. The normalized spacial score (nSPS) is 20.8. The summed E-state index contributed by atoms with van der Waals surface area (Å²) in [5.74, 6) is 0.400. The van der Waals surface area contributed by atoms with Gasteiger partial charge in [0.25, 0.3) is 0 Å². The van der Waals surface area contributed by atoms with Crippen molar-refractivity contribution in [2.75, 3.05) is 18.4 Å². The second-order valence-electron chi connectivity index (χ2n) is 6.95. The minimum absolute atomic E-state index is 0.0265. The molecule has 1 heterocycles. The molecule has 4 nitrogen and oxygen atoms in total. The van der Waals surface area contributed by atoms with E-state index < -0.39 is 0 Å². The maximum atomic E-state index is 12.6. The summed E-state index contributed by atoms with van der Waals surface area (Å²) in [5, 5.41) is 5.31. The van der Waals surface area contributed by atoms with Gasteiger partial charge in [-0.15, -0.1) is 0 Å². The number of amides is 2. The van der Waals surface area contributed by atoms with Gasteiger partial charge >= 0.3 is 0 Å². The van der Waals surface area contributed by atoms with E-state index >= 15 is 0 Å². The van der Waals surface area contributed by atoms with Crippen molar-refractivity contribution >= 4 is 28.3 Å². The average molecular weight is 322 g/mol. The van der Waals surface area contributed by atoms with E-state index in [1.165, 1.54) is 0 Å². The molecule has 1 N–H and O–H groups in total. The van der Waals surface area contributed by atoms with Crippen LogP contribution in [0.25, 0.3) is 10.8 Å². The lowest BCUT2D eigenvalue weighted by atomic mass is 9.96. The monoisotopic (exact) mass is 322 g/mol. The Morgan fingerprint density at radius 3 is 2.54 bits per heavy atom. The molecule has 1 atom stereocenters. The number of hydrogen-bond donors (Lipinski definition) is 1. The van der Waals surface area contributed by atoms with E-state index in [1.54, 1.807) is 0 Å². The van der Waals surface area contributed by atoms with Crippen LogP contribution in [0.5, 0.6) is 0 Å². The Bertz CT molecular complexity index is 782. The lowest BCUT2D eigenvalue weighted by Crippen LogP contribution is -2.44. The summed E-state index contributed by atoms with van der Waals surface area (Å²) in [6, 6.07) is 14.1. The van der Waals surface area contributed by atoms with E-state index in [0.717, 1.165) is 48.7 Å². The van der Waals surface area contributed by atoms with Gasteiger partial charge in [0.05, 0.1) is 5.92 Å². The zero-order chi connectivity index (χ0) is 16.5. The van der Waals surface area contributed by atoms with Gasteiger partial charge in [-0.2, -0.15) is 0 Å². The SMILES string of the molecule is O=C(Nc1ccc2ccccc2c1)C1CCCN(C(=O)C2CC2)C1. The van der Waals surface area contributed by atoms with E-state index in [9.17, 15) is 9.59 Å². The van der Waals surface area contributed by atoms with Gasteiger partial charge in [0.2, 0.25) is 11.8 Å². The molecule has 0 aromatic heterocycles. The Morgan fingerprint density at radius 2 is 1.75 bits per heavy atom. The molecule has 4 rings (SSSR count). The summed E-state index contributed by atoms with van der Waals surface area (Å²) in [4.78, 5) is 26.7. The van der Waals surface area contributed by atoms with Crippen LogP contribution in [0.3, 0.4) is 0 Å². The maximum Gasteiger partial charge on any atom is 0.229 e. The largest absolute Gasteiger partial charge is 0.342 e. The number of benzene rings is 2. The van der Waals surface area contributed by atoms with Gasteiger partial charge in [-0.25, -0.2) is 0 Å². The highest BCUT2D eigenvalue weighted by atomic mass is 16.2. The number of fused-ring (bicyclic) bond motifs is 1. The Morgan fingerprint density at radius 1 is 0.958 bits per heavy atom. The molecule has 2 aliphatic rings. The molecule has 0 bridgehead atoms. The maximum absolute atomic E-state index is 12.6. The fraction of sp³-hybridized carbons (Fsp3) is 0.400. The number of piperidine rings is 1. The molecule has 2 aromatic rings. The van der Waals surface area contributed by atoms with Crippen LogP contribution in [0.1, 0.15) is 25.7 Å². The van der Waals surface area contributed by atoms with Gasteiger partial charge in [-0.1, -0.05) is 30.3 Å². The van der Waals surface area contributed by atoms with Crippen molar-refractivity contribution in [3.8, 4) is 0 Å². The second kappa shape index (κ2) is 6.27. The Labute approximate surface area is 141 Å². The quantitative estimate of drug-likeness (QED) is 0.941. The van der Waals surface area contributed by atoms with E-state index in [0.29, 0.717) is 6.54 Å². The number of nitrogens with zero attached hydrogens (tertiary/aromatic N) is 1. The molecule has 1 unspecified atom stereocenters. The highest BCUT2D eigenvalue weighted by Gasteiger charge is 2.36. The van der Waals surface area contributed by atoms with Crippen LogP contribution >= 0.6 is 0 Å². The first-order chi connectivity index (χ1) is 11.7. The Balaban J connectivity index is 1.43. The van der Waals surface area contributed by atoms with Crippen molar-refractivity contribution < 1.29 is 9.59 Å². The molecule has 2 amide bonds. The first kappa shape index (κ1) is 15.2. The number of carbonyl (C=O) groups excluding carboxylic acids is 2. The molecule has 1 aliphatic heterocycles. The van der Waals surface area contributed by atoms with Crippen LogP contribution in [-0.4, -0.2) is 29.8 Å². The summed E-state index contributed by atoms with van der Waals surface area (Å²) >= 11 is 0. The van der Waals surface area contributed by atoms with Crippen molar-refractivity contribution in [2.45, 2.75) is 25.7 Å². The minimum atomic E-state index is -0.104. The van der Waals surface area contributed by atoms with Gasteiger partial charge in [-0.05, 0) is 48.6 Å². The summed E-state index contributed by atoms with van der Waals surface area (Å²) in [6.45, 7) is 1.36. The lowest BCUT2D eigenvalue weighted by Gasteiger charge is -2.32. The lowest BCUT2D eigenvalue weighted by molar-refractivity contribution is -0.135. The zero-order valence-corrected chi connectivity index (χ0v) is 13.7. The van der Waals surface area contributed by atoms with Gasteiger partial charge < -0.3 is 10.2 Å². The first-order valence-corrected chi connectivity index (χ1v) is 8.79. The third-order valence-electron chi connectivity index (χ3n) is 5.05. The predicted octanol–water partition coefficient (Wildman–Crippen LogP) is 3.43. The molecule has 0 spiro atoms. The van der Waals surface area contributed by atoms with Crippen molar-refractivity contribution in [1.29, 1.82) is 0 Å². The van der Waals surface area contributed by atoms with Crippen molar-refractivity contribution in [1.82, 2.24) is 4.90 Å². The molecule has 124 valence electrons. The Kier molecular flexibility index (Phi) is 3.97. The molecule has 1 saturated heterocycles. The van der Waals surface area contributed by atoms with Crippen molar-refractivity contribution in [3.63, 3.8) is 0 Å². The highest BCUT2D eigenvalue weighted by molar-refractivity contribution is 5.96. The molecule has 24 heavy (non-hydrogen) atoms. The number of likely N-dealkylation sites (tertiary alicyclic amines) is 1. The van der Waals surface area contributed by atoms with Crippen LogP contribution in [0.4, 0.5) is 5.69 Å². The number of nitrogens with one attached hydrogen (secondary N) is 1. The van der Waals surface area contributed by atoms with Crippen LogP contribution in [0.2, 0.25) is 0 Å². The molecule has 1 saturated carbocycles. The van der Waals surface area contributed by atoms with E-state index in [1.807, 2.05) is 41.3 Å². The summed E-state index contributed by atoms with van der Waals surface area (Å²) < 4.78 is 0. The van der Waals surface area contributed by atoms with Crippen molar-refractivity contribution in [2.24, 2.45) is 11.8 Å². The fourth-order valence-corrected chi connectivity index (χ4v) is 3.49. The highest BCUT2D eigenvalue weighted by Crippen LogP contribution is 2.32. The zero-order valence-electron chi connectivity index (χ0n) is 13.7. The fourth-order valence-electron chi connectivity index (χ4n) is 3.49. The number of carbonyl (C=O) groups is 2. The number of hydrogen-bond acceptors (Lipinski definition) is 2. The number of anilines is 1. The van der Waals surface area contributed by atoms with E-state index in [4.69, 9.17) is 0 Å². The van der Waals surface area contributed by atoms with Crippen molar-refractivity contribution in [3.05, 3.63) is 42.5 Å². The third kappa shape index (κ3) is 3.14. The van der Waals surface area contributed by atoms with Gasteiger partial charge in [0, 0.05) is 24.7 Å². The molecule has 4 heteroatoms. The van der Waals surface area contributed by atoms with Crippen LogP contribution in [0, 0.1) is 11.8 Å². The molecule has 2 aromatic carbocycles. The van der Waals surface area contributed by atoms with Crippen LogP contribution in [-0.2, 0) is 9.59 Å². The summed E-state index contributed by atoms with van der Waals surface area (Å²) in [7, 11) is 0. The molecule has 2 fully saturated rings. The van der Waals surface area contributed by atoms with Gasteiger partial charge in [-0.3, -0.25) is 9.59 Å². The topological polar surface area (TPSA) is 49.4 Å². The van der Waals surface area contributed by atoms with Gasteiger partial charge in [0.15, 0.2) is 0 Å². The molecular formula is C20H22N2O2. The standard InChI is InChI=1S/C20H22N2O2/c23-19(17-6-3-11-22(13-17)20(24)15-7-8-15)21-18-10-9-14-4-1-2-5-16(14)12-18/h1-2,4-5,9-10,12,15,17H,3,6-8,11,13H2,(H,21,23).